The monoisotopic (exact) mass is 195 g/mol. The third-order valence-corrected chi connectivity index (χ3v) is 2.43. The van der Waals surface area contributed by atoms with Gasteiger partial charge in [-0.05, 0) is 13.5 Å². The first-order valence-corrected chi connectivity index (χ1v) is 5.33. The average molecular weight is 195 g/mol. The van der Waals surface area contributed by atoms with Gasteiger partial charge >= 0.3 is 0 Å². The van der Waals surface area contributed by atoms with Crippen LogP contribution >= 0.6 is 0 Å². The van der Waals surface area contributed by atoms with E-state index in [1.165, 1.54) is 19.4 Å². The number of nitrogens with zero attached hydrogens (tertiary/aromatic N) is 3. The van der Waals surface area contributed by atoms with Gasteiger partial charge in [-0.25, -0.2) is 0 Å². The zero-order chi connectivity index (χ0) is 10.4. The van der Waals surface area contributed by atoms with E-state index in [-0.39, 0.29) is 0 Å². The Labute approximate surface area is 87.7 Å². The summed E-state index contributed by atoms with van der Waals surface area (Å²) in [6.45, 7) is 7.25. The van der Waals surface area contributed by atoms with E-state index in [4.69, 9.17) is 6.42 Å². The van der Waals surface area contributed by atoms with Crippen LogP contribution in [0.4, 0.5) is 0 Å². The molecule has 0 aromatic heterocycles. The minimum Gasteiger partial charge on any atom is -0.280 e. The fraction of sp³-hybridized carbons (Fsp3) is 0.818. The van der Waals surface area contributed by atoms with Crippen molar-refractivity contribution >= 4 is 0 Å². The highest BCUT2D eigenvalue weighted by molar-refractivity contribution is 4.88. The van der Waals surface area contributed by atoms with Crippen molar-refractivity contribution in [1.82, 2.24) is 14.7 Å². The Balaban J connectivity index is 2.34. The minimum atomic E-state index is 0.757. The average Bonchev–Trinajstić information content (AvgIpc) is 2.14. The summed E-state index contributed by atoms with van der Waals surface area (Å²) in [5.74, 6) is 2.71. The Kier molecular flexibility index (Phi) is 4.95. The lowest BCUT2D eigenvalue weighted by Crippen LogP contribution is -2.53. The first kappa shape index (κ1) is 11.5. The number of rotatable bonds is 4. The maximum Gasteiger partial charge on any atom is 0.0622 e. The van der Waals surface area contributed by atoms with Gasteiger partial charge in [0.15, 0.2) is 0 Å². The largest absolute Gasteiger partial charge is 0.280 e. The van der Waals surface area contributed by atoms with Gasteiger partial charge in [-0.15, -0.1) is 6.42 Å². The van der Waals surface area contributed by atoms with Crippen molar-refractivity contribution in [3.8, 4) is 12.3 Å². The van der Waals surface area contributed by atoms with Crippen molar-refractivity contribution < 1.29 is 0 Å². The molecular weight excluding hydrogens is 174 g/mol. The van der Waals surface area contributed by atoms with Crippen LogP contribution in [0.15, 0.2) is 0 Å². The summed E-state index contributed by atoms with van der Waals surface area (Å²) in [7, 11) is 2.14. The van der Waals surface area contributed by atoms with E-state index in [2.05, 4.69) is 34.6 Å². The molecule has 0 atom stereocenters. The van der Waals surface area contributed by atoms with Crippen molar-refractivity contribution in [3.05, 3.63) is 0 Å². The summed E-state index contributed by atoms with van der Waals surface area (Å²) in [5, 5.41) is 0. The van der Waals surface area contributed by atoms with Crippen LogP contribution in [0.1, 0.15) is 19.8 Å². The van der Waals surface area contributed by atoms with Crippen LogP contribution in [-0.2, 0) is 0 Å². The molecule has 0 aromatic carbocycles. The van der Waals surface area contributed by atoms with E-state index in [0.29, 0.717) is 0 Å². The highest BCUT2D eigenvalue weighted by Crippen LogP contribution is 2.06. The number of hydrogen-bond donors (Lipinski definition) is 0. The van der Waals surface area contributed by atoms with Gasteiger partial charge in [0, 0.05) is 6.54 Å². The third-order valence-electron chi connectivity index (χ3n) is 2.43. The molecule has 0 aliphatic carbocycles. The molecule has 0 spiro atoms. The van der Waals surface area contributed by atoms with Gasteiger partial charge in [0.2, 0.25) is 0 Å². The molecule has 0 amide bonds. The molecule has 1 fully saturated rings. The van der Waals surface area contributed by atoms with Crippen LogP contribution in [0.2, 0.25) is 0 Å². The minimum absolute atomic E-state index is 0.757. The quantitative estimate of drug-likeness (QED) is 0.616. The van der Waals surface area contributed by atoms with Crippen molar-refractivity contribution in [1.29, 1.82) is 0 Å². The van der Waals surface area contributed by atoms with E-state index in [1.807, 2.05) is 0 Å². The summed E-state index contributed by atoms with van der Waals surface area (Å²) in [4.78, 5) is 7.04. The normalized spacial score (nSPS) is 20.9. The molecule has 3 heteroatoms. The van der Waals surface area contributed by atoms with Gasteiger partial charge in [-0.3, -0.25) is 14.7 Å². The van der Waals surface area contributed by atoms with Crippen molar-refractivity contribution in [2.24, 2.45) is 0 Å². The summed E-state index contributed by atoms with van der Waals surface area (Å²) in [5.41, 5.74) is 0. The van der Waals surface area contributed by atoms with E-state index < -0.39 is 0 Å². The lowest BCUT2D eigenvalue weighted by molar-refractivity contribution is -0.00890. The van der Waals surface area contributed by atoms with Gasteiger partial charge < -0.3 is 0 Å². The van der Waals surface area contributed by atoms with Crippen LogP contribution in [0.3, 0.4) is 0 Å². The molecule has 1 aliphatic heterocycles. The van der Waals surface area contributed by atoms with E-state index in [0.717, 1.165) is 26.6 Å². The van der Waals surface area contributed by atoms with E-state index >= 15 is 0 Å². The van der Waals surface area contributed by atoms with Crippen LogP contribution in [0, 0.1) is 12.3 Å². The first-order chi connectivity index (χ1) is 6.76. The standard InChI is InChI=1S/C11H21N3/c1-4-6-8-14-10-12(3)9-13(11-14)7-5-2/h2H,4,6-11H2,1,3H3. The number of hydrogen-bond acceptors (Lipinski definition) is 3. The van der Waals surface area contributed by atoms with Crippen LogP contribution in [-0.4, -0.2) is 54.8 Å². The molecule has 3 nitrogen and oxygen atoms in total. The van der Waals surface area contributed by atoms with Crippen molar-refractivity contribution in [2.75, 3.05) is 40.1 Å². The maximum absolute atomic E-state index is 5.32. The molecule has 0 N–H and O–H groups in total. The smallest absolute Gasteiger partial charge is 0.0622 e. The van der Waals surface area contributed by atoms with Crippen LogP contribution in [0.5, 0.6) is 0 Å². The summed E-state index contributed by atoms with van der Waals surface area (Å²) >= 11 is 0. The van der Waals surface area contributed by atoms with E-state index in [1.54, 1.807) is 0 Å². The summed E-state index contributed by atoms with van der Waals surface area (Å²) in [6, 6.07) is 0. The molecule has 80 valence electrons. The van der Waals surface area contributed by atoms with Gasteiger partial charge in [0.25, 0.3) is 0 Å². The molecule has 0 bridgehead atoms. The van der Waals surface area contributed by atoms with Crippen LogP contribution in [0.25, 0.3) is 0 Å². The molecule has 1 rings (SSSR count). The predicted octanol–water partition coefficient (Wildman–Crippen LogP) is 0.842. The van der Waals surface area contributed by atoms with Crippen LogP contribution < -0.4 is 0 Å². The summed E-state index contributed by atoms with van der Waals surface area (Å²) < 4.78 is 0. The maximum atomic E-state index is 5.32. The molecule has 0 radical (unpaired) electrons. The predicted molar refractivity (Wildman–Crippen MR) is 59.5 cm³/mol. The Morgan fingerprint density at radius 1 is 1.21 bits per heavy atom. The zero-order valence-corrected chi connectivity index (χ0v) is 9.37. The molecule has 1 heterocycles. The zero-order valence-electron chi connectivity index (χ0n) is 9.37. The molecule has 0 saturated carbocycles. The van der Waals surface area contributed by atoms with Crippen molar-refractivity contribution in [2.45, 2.75) is 19.8 Å². The molecule has 1 aliphatic rings. The number of terminal acetylenes is 1. The second-order valence-electron chi connectivity index (χ2n) is 4.06. The number of unbranched alkanes of at least 4 members (excludes halogenated alkanes) is 1. The van der Waals surface area contributed by atoms with Gasteiger partial charge in [-0.1, -0.05) is 19.3 Å². The summed E-state index contributed by atoms with van der Waals surface area (Å²) in [6.07, 6.45) is 7.86. The molecule has 14 heavy (non-hydrogen) atoms. The Morgan fingerprint density at radius 3 is 2.57 bits per heavy atom. The van der Waals surface area contributed by atoms with Gasteiger partial charge in [-0.2, -0.15) is 0 Å². The van der Waals surface area contributed by atoms with Crippen molar-refractivity contribution in [3.63, 3.8) is 0 Å². The molecular formula is C11H21N3. The molecule has 0 aromatic rings. The third kappa shape index (κ3) is 3.67. The molecule has 0 unspecified atom stereocenters. The lowest BCUT2D eigenvalue weighted by atomic mass is 10.3. The Hall–Kier alpha value is -0.560. The SMILES string of the molecule is C#CCN1CN(C)CN(CCCC)C1. The second-order valence-corrected chi connectivity index (χ2v) is 4.06. The van der Waals surface area contributed by atoms with Gasteiger partial charge in [0.1, 0.15) is 0 Å². The Morgan fingerprint density at radius 2 is 1.93 bits per heavy atom. The van der Waals surface area contributed by atoms with E-state index in [9.17, 15) is 0 Å². The second kappa shape index (κ2) is 6.02. The Bertz CT molecular complexity index is 197. The van der Waals surface area contributed by atoms with Gasteiger partial charge in [0.05, 0.1) is 26.6 Å². The molecule has 1 saturated heterocycles. The fourth-order valence-electron chi connectivity index (χ4n) is 1.85. The fourth-order valence-corrected chi connectivity index (χ4v) is 1.85. The first-order valence-electron chi connectivity index (χ1n) is 5.33. The highest BCUT2D eigenvalue weighted by atomic mass is 15.5. The highest BCUT2D eigenvalue weighted by Gasteiger charge is 2.19. The lowest BCUT2D eigenvalue weighted by Gasteiger charge is -2.39. The topological polar surface area (TPSA) is 9.72 Å².